The normalized spacial score (nSPS) is 23.8. The molecule has 0 spiro atoms. The van der Waals surface area contributed by atoms with Crippen LogP contribution in [-0.2, 0) is 0 Å². The maximum atomic E-state index is 5.50. The number of ether oxygens (including phenoxy) is 1. The lowest BCUT2D eigenvalue weighted by Crippen LogP contribution is -2.25. The fraction of sp³-hybridized carbons (Fsp3) is 0.684. The summed E-state index contributed by atoms with van der Waals surface area (Å²) in [5.41, 5.74) is 1.29. The Morgan fingerprint density at radius 2 is 1.90 bits per heavy atom. The van der Waals surface area contributed by atoms with E-state index >= 15 is 0 Å². The number of hydrogen-bond acceptors (Lipinski definition) is 2. The quantitative estimate of drug-likeness (QED) is 0.766. The van der Waals surface area contributed by atoms with E-state index < -0.39 is 0 Å². The van der Waals surface area contributed by atoms with Gasteiger partial charge in [0.2, 0.25) is 0 Å². The van der Waals surface area contributed by atoms with Crippen LogP contribution in [0.3, 0.4) is 0 Å². The molecule has 1 unspecified atom stereocenters. The van der Waals surface area contributed by atoms with Crippen LogP contribution in [0.15, 0.2) is 24.3 Å². The second kappa shape index (κ2) is 8.43. The summed E-state index contributed by atoms with van der Waals surface area (Å²) in [6.07, 6.45) is 8.12. The molecule has 118 valence electrons. The summed E-state index contributed by atoms with van der Waals surface area (Å²) in [5.74, 6) is 2.89. The largest absolute Gasteiger partial charge is 0.496 e. The van der Waals surface area contributed by atoms with Gasteiger partial charge in [0.1, 0.15) is 5.75 Å². The van der Waals surface area contributed by atoms with Gasteiger partial charge in [0.25, 0.3) is 0 Å². The van der Waals surface area contributed by atoms with Crippen LogP contribution < -0.4 is 10.1 Å². The van der Waals surface area contributed by atoms with E-state index in [-0.39, 0.29) is 0 Å². The van der Waals surface area contributed by atoms with Gasteiger partial charge in [-0.3, -0.25) is 0 Å². The van der Waals surface area contributed by atoms with Crippen molar-refractivity contribution < 1.29 is 4.74 Å². The summed E-state index contributed by atoms with van der Waals surface area (Å²) < 4.78 is 5.50. The van der Waals surface area contributed by atoms with Crippen molar-refractivity contribution in [2.24, 2.45) is 11.8 Å². The third kappa shape index (κ3) is 4.74. The smallest absolute Gasteiger partial charge is 0.123 e. The molecule has 0 amide bonds. The van der Waals surface area contributed by atoms with Gasteiger partial charge in [0.05, 0.1) is 7.11 Å². The minimum atomic E-state index is 0.406. The average molecular weight is 289 g/mol. The topological polar surface area (TPSA) is 21.3 Å². The molecule has 1 fully saturated rings. The van der Waals surface area contributed by atoms with Gasteiger partial charge < -0.3 is 10.1 Å². The van der Waals surface area contributed by atoms with Crippen molar-refractivity contribution in [1.82, 2.24) is 5.32 Å². The second-order valence-electron chi connectivity index (χ2n) is 6.57. The van der Waals surface area contributed by atoms with E-state index in [1.165, 1.54) is 37.7 Å². The molecule has 0 aliphatic heterocycles. The Morgan fingerprint density at radius 1 is 1.19 bits per heavy atom. The van der Waals surface area contributed by atoms with E-state index in [2.05, 4.69) is 37.4 Å². The van der Waals surface area contributed by atoms with Crippen LogP contribution in [0, 0.1) is 11.8 Å². The van der Waals surface area contributed by atoms with Crippen molar-refractivity contribution in [3.8, 4) is 5.75 Å². The zero-order valence-corrected chi connectivity index (χ0v) is 13.9. The van der Waals surface area contributed by atoms with Crippen molar-refractivity contribution in [3.63, 3.8) is 0 Å². The van der Waals surface area contributed by atoms with Gasteiger partial charge in [-0.2, -0.15) is 0 Å². The van der Waals surface area contributed by atoms with Crippen LogP contribution >= 0.6 is 0 Å². The molecule has 0 aromatic heterocycles. The van der Waals surface area contributed by atoms with Gasteiger partial charge in [0, 0.05) is 11.6 Å². The molecule has 0 radical (unpaired) electrons. The first-order valence-electron chi connectivity index (χ1n) is 8.60. The maximum Gasteiger partial charge on any atom is 0.123 e. The van der Waals surface area contributed by atoms with Crippen molar-refractivity contribution in [2.75, 3.05) is 13.7 Å². The van der Waals surface area contributed by atoms with Crippen LogP contribution in [-0.4, -0.2) is 13.7 Å². The van der Waals surface area contributed by atoms with Crippen molar-refractivity contribution in [1.29, 1.82) is 0 Å². The molecule has 1 aliphatic rings. The monoisotopic (exact) mass is 289 g/mol. The molecule has 0 saturated heterocycles. The number of rotatable bonds is 7. The first kappa shape index (κ1) is 16.4. The van der Waals surface area contributed by atoms with E-state index in [9.17, 15) is 0 Å². The Hall–Kier alpha value is -1.02. The molecule has 21 heavy (non-hydrogen) atoms. The van der Waals surface area contributed by atoms with Gasteiger partial charge in [-0.25, -0.2) is 0 Å². The fourth-order valence-corrected chi connectivity index (χ4v) is 3.51. The molecule has 2 heteroatoms. The fourth-order valence-electron chi connectivity index (χ4n) is 3.51. The Morgan fingerprint density at radius 3 is 2.57 bits per heavy atom. The lowest BCUT2D eigenvalue weighted by Gasteiger charge is -2.27. The van der Waals surface area contributed by atoms with E-state index in [1.54, 1.807) is 7.11 Å². The highest BCUT2D eigenvalue weighted by Crippen LogP contribution is 2.31. The highest BCUT2D eigenvalue weighted by atomic mass is 16.5. The summed E-state index contributed by atoms with van der Waals surface area (Å²) >= 11 is 0. The third-order valence-corrected chi connectivity index (χ3v) is 5.00. The van der Waals surface area contributed by atoms with Crippen molar-refractivity contribution >= 4 is 0 Å². The lowest BCUT2D eigenvalue weighted by atomic mass is 9.81. The van der Waals surface area contributed by atoms with Crippen LogP contribution in [0.1, 0.15) is 64.0 Å². The SMILES string of the molecule is CCC(NCCC1CCC(C)CC1)c1ccccc1OC. The van der Waals surface area contributed by atoms with Crippen LogP contribution in [0.25, 0.3) is 0 Å². The lowest BCUT2D eigenvalue weighted by molar-refractivity contribution is 0.271. The third-order valence-electron chi connectivity index (χ3n) is 5.00. The summed E-state index contributed by atoms with van der Waals surface area (Å²) in [6.45, 7) is 5.76. The summed E-state index contributed by atoms with van der Waals surface area (Å²) in [6, 6.07) is 8.79. The summed E-state index contributed by atoms with van der Waals surface area (Å²) in [4.78, 5) is 0. The summed E-state index contributed by atoms with van der Waals surface area (Å²) in [7, 11) is 1.76. The highest BCUT2D eigenvalue weighted by molar-refractivity contribution is 5.35. The Balaban J connectivity index is 1.82. The standard InChI is InChI=1S/C19H31NO/c1-4-18(17-7-5-6-8-19(17)21-3)20-14-13-16-11-9-15(2)10-12-16/h5-8,15-16,18,20H,4,9-14H2,1-3H3. The Labute approximate surface area is 130 Å². The van der Waals surface area contributed by atoms with E-state index in [4.69, 9.17) is 4.74 Å². The van der Waals surface area contributed by atoms with Gasteiger partial charge in [-0.05, 0) is 37.3 Å². The first-order valence-corrected chi connectivity index (χ1v) is 8.60. The number of nitrogens with one attached hydrogen (secondary N) is 1. The number of para-hydroxylation sites is 1. The van der Waals surface area contributed by atoms with E-state index in [0.717, 1.165) is 30.6 Å². The molecule has 1 aromatic rings. The minimum Gasteiger partial charge on any atom is -0.496 e. The number of benzene rings is 1. The molecule has 2 rings (SSSR count). The number of methoxy groups -OCH3 is 1. The molecule has 1 aliphatic carbocycles. The molecular weight excluding hydrogens is 258 g/mol. The van der Waals surface area contributed by atoms with Crippen molar-refractivity contribution in [2.45, 2.75) is 58.4 Å². The first-order chi connectivity index (χ1) is 10.2. The highest BCUT2D eigenvalue weighted by Gasteiger charge is 2.19. The molecule has 0 bridgehead atoms. The predicted octanol–water partition coefficient (Wildman–Crippen LogP) is 4.95. The van der Waals surface area contributed by atoms with Gasteiger partial charge in [0.15, 0.2) is 0 Å². The van der Waals surface area contributed by atoms with Crippen LogP contribution in [0.4, 0.5) is 0 Å². The zero-order chi connectivity index (χ0) is 15.1. The Bertz CT molecular complexity index is 410. The molecule has 0 heterocycles. The maximum absolute atomic E-state index is 5.50. The molecule has 1 aromatic carbocycles. The Kier molecular flexibility index (Phi) is 6.56. The van der Waals surface area contributed by atoms with Gasteiger partial charge in [-0.1, -0.05) is 57.7 Å². The second-order valence-corrected chi connectivity index (χ2v) is 6.57. The van der Waals surface area contributed by atoms with Crippen LogP contribution in [0.2, 0.25) is 0 Å². The average Bonchev–Trinajstić information content (AvgIpc) is 2.53. The molecule has 1 atom stereocenters. The van der Waals surface area contributed by atoms with Crippen molar-refractivity contribution in [3.05, 3.63) is 29.8 Å². The molecule has 1 N–H and O–H groups in total. The zero-order valence-electron chi connectivity index (χ0n) is 13.9. The minimum absolute atomic E-state index is 0.406. The molecule has 2 nitrogen and oxygen atoms in total. The van der Waals surface area contributed by atoms with Crippen LogP contribution in [0.5, 0.6) is 5.75 Å². The molecular formula is C19H31NO. The van der Waals surface area contributed by atoms with E-state index in [1.807, 2.05) is 6.07 Å². The van der Waals surface area contributed by atoms with E-state index in [0.29, 0.717) is 6.04 Å². The van der Waals surface area contributed by atoms with Gasteiger partial charge >= 0.3 is 0 Å². The predicted molar refractivity (Wildman–Crippen MR) is 89.8 cm³/mol. The van der Waals surface area contributed by atoms with Gasteiger partial charge in [-0.15, -0.1) is 0 Å². The summed E-state index contributed by atoms with van der Waals surface area (Å²) in [5, 5.41) is 3.74. The number of hydrogen-bond donors (Lipinski definition) is 1. The molecule has 1 saturated carbocycles.